The molecule has 4 rings (SSSR count). The number of aromatic amines is 1. The maximum atomic E-state index is 5.71. The molecule has 0 aliphatic rings. The summed E-state index contributed by atoms with van der Waals surface area (Å²) in [6.07, 6.45) is 5.70. The van der Waals surface area contributed by atoms with E-state index in [1.165, 1.54) is 4.90 Å². The molecule has 0 aliphatic carbocycles. The van der Waals surface area contributed by atoms with Crippen molar-refractivity contribution < 1.29 is 4.74 Å². The first-order chi connectivity index (χ1) is 15.0. The molecule has 3 heterocycles. The van der Waals surface area contributed by atoms with Crippen LogP contribution in [-0.4, -0.2) is 50.4 Å². The predicted octanol–water partition coefficient (Wildman–Crippen LogP) is 4.15. The van der Waals surface area contributed by atoms with E-state index >= 15 is 0 Å². The monoisotopic (exact) mass is 436 g/mol. The van der Waals surface area contributed by atoms with Crippen LogP contribution in [0, 0.1) is 6.92 Å². The molecule has 0 saturated carbocycles. The summed E-state index contributed by atoms with van der Waals surface area (Å²) in [7, 11) is 5.40. The molecule has 0 radical (unpaired) electrons. The Hall–Kier alpha value is -3.53. The standard InChI is InChI=1S/C21H24N8OS/c1-13-10-17(27-26-13)23-20-19(30-4)18(14-11-22-28(2)12-14)24-21(25-20)29(3)15-6-8-16(31-5)9-7-15/h6-12H,1-5H3,(H2,23,24,25,26,27). The molecule has 1 aromatic carbocycles. The van der Waals surface area contributed by atoms with Crippen LogP contribution in [0.2, 0.25) is 0 Å². The number of nitrogens with one attached hydrogen (secondary N) is 2. The number of thioether (sulfide) groups is 1. The van der Waals surface area contributed by atoms with Crippen molar-refractivity contribution in [2.45, 2.75) is 11.8 Å². The molecule has 31 heavy (non-hydrogen) atoms. The van der Waals surface area contributed by atoms with Gasteiger partial charge in [0.2, 0.25) is 5.95 Å². The smallest absolute Gasteiger partial charge is 0.232 e. The number of hydrogen-bond acceptors (Lipinski definition) is 8. The lowest BCUT2D eigenvalue weighted by molar-refractivity contribution is 0.415. The zero-order valence-corrected chi connectivity index (χ0v) is 18.9. The highest BCUT2D eigenvalue weighted by atomic mass is 32.2. The van der Waals surface area contributed by atoms with Crippen LogP contribution in [0.4, 0.5) is 23.3 Å². The van der Waals surface area contributed by atoms with Gasteiger partial charge in [0, 0.05) is 48.2 Å². The Balaban J connectivity index is 1.82. The molecule has 0 saturated heterocycles. The second-order valence-electron chi connectivity index (χ2n) is 6.97. The lowest BCUT2D eigenvalue weighted by Gasteiger charge is -2.21. The van der Waals surface area contributed by atoms with Gasteiger partial charge in [-0.05, 0) is 37.4 Å². The molecule has 160 valence electrons. The number of anilines is 4. The molecular formula is C21H24N8OS. The lowest BCUT2D eigenvalue weighted by Crippen LogP contribution is -2.15. The lowest BCUT2D eigenvalue weighted by atomic mass is 10.2. The summed E-state index contributed by atoms with van der Waals surface area (Å²) in [4.78, 5) is 12.7. The molecule has 0 aliphatic heterocycles. The van der Waals surface area contributed by atoms with E-state index in [4.69, 9.17) is 14.7 Å². The van der Waals surface area contributed by atoms with Gasteiger partial charge in [0.1, 0.15) is 5.69 Å². The third-order valence-electron chi connectivity index (χ3n) is 4.75. The highest BCUT2D eigenvalue weighted by Crippen LogP contribution is 2.37. The number of H-pyrrole nitrogens is 1. The fourth-order valence-electron chi connectivity index (χ4n) is 3.13. The van der Waals surface area contributed by atoms with Crippen molar-refractivity contribution in [2.24, 2.45) is 7.05 Å². The Morgan fingerprint density at radius 1 is 1.19 bits per heavy atom. The van der Waals surface area contributed by atoms with Crippen molar-refractivity contribution in [1.82, 2.24) is 29.9 Å². The SMILES string of the molecule is COc1c(Nc2cc(C)[nH]n2)nc(N(C)c2ccc(SC)cc2)nc1-c1cnn(C)c1. The third-order valence-corrected chi connectivity index (χ3v) is 5.49. The van der Waals surface area contributed by atoms with Gasteiger partial charge in [-0.25, -0.2) is 4.98 Å². The molecule has 0 atom stereocenters. The fraction of sp³-hybridized carbons (Fsp3) is 0.238. The minimum absolute atomic E-state index is 0.517. The Morgan fingerprint density at radius 3 is 2.55 bits per heavy atom. The van der Waals surface area contributed by atoms with Crippen LogP contribution in [0.25, 0.3) is 11.3 Å². The number of aryl methyl sites for hydroxylation is 2. The van der Waals surface area contributed by atoms with E-state index in [2.05, 4.69) is 39.0 Å². The maximum Gasteiger partial charge on any atom is 0.232 e. The van der Waals surface area contributed by atoms with Gasteiger partial charge in [-0.1, -0.05) is 0 Å². The van der Waals surface area contributed by atoms with Gasteiger partial charge < -0.3 is 15.0 Å². The van der Waals surface area contributed by atoms with E-state index in [1.807, 2.05) is 50.3 Å². The van der Waals surface area contributed by atoms with Crippen molar-refractivity contribution in [3.8, 4) is 17.0 Å². The normalized spacial score (nSPS) is 10.9. The number of rotatable bonds is 7. The second kappa shape index (κ2) is 8.68. The van der Waals surface area contributed by atoms with Gasteiger partial charge in [-0.15, -0.1) is 11.8 Å². The first-order valence-corrected chi connectivity index (χ1v) is 10.8. The molecule has 9 nitrogen and oxygen atoms in total. The van der Waals surface area contributed by atoms with Crippen molar-refractivity contribution in [3.63, 3.8) is 0 Å². The zero-order valence-electron chi connectivity index (χ0n) is 18.0. The molecule has 0 fully saturated rings. The van der Waals surface area contributed by atoms with Crippen molar-refractivity contribution in [1.29, 1.82) is 0 Å². The van der Waals surface area contributed by atoms with E-state index in [9.17, 15) is 0 Å². The fourth-order valence-corrected chi connectivity index (χ4v) is 3.54. The minimum Gasteiger partial charge on any atom is -0.491 e. The number of hydrogen-bond donors (Lipinski definition) is 2. The average molecular weight is 437 g/mol. The Kier molecular flexibility index (Phi) is 5.81. The first-order valence-electron chi connectivity index (χ1n) is 9.60. The molecule has 10 heteroatoms. The van der Waals surface area contributed by atoms with Crippen molar-refractivity contribution >= 4 is 35.0 Å². The number of ether oxygens (including phenoxy) is 1. The molecule has 0 spiro atoms. The summed E-state index contributed by atoms with van der Waals surface area (Å²) >= 11 is 1.70. The number of benzene rings is 1. The quantitative estimate of drug-likeness (QED) is 0.417. The summed E-state index contributed by atoms with van der Waals surface area (Å²) in [6, 6.07) is 10.2. The molecular weight excluding hydrogens is 412 g/mol. The van der Waals surface area contributed by atoms with E-state index in [0.29, 0.717) is 29.0 Å². The highest BCUT2D eigenvalue weighted by molar-refractivity contribution is 7.98. The van der Waals surface area contributed by atoms with Gasteiger partial charge in [-0.2, -0.15) is 15.2 Å². The maximum absolute atomic E-state index is 5.71. The zero-order chi connectivity index (χ0) is 22.0. The Labute approximate surface area is 184 Å². The summed E-state index contributed by atoms with van der Waals surface area (Å²) in [6.45, 7) is 1.94. The molecule has 3 aromatic heterocycles. The molecule has 0 unspecified atom stereocenters. The second-order valence-corrected chi connectivity index (χ2v) is 7.85. The van der Waals surface area contributed by atoms with Crippen LogP contribution >= 0.6 is 11.8 Å². The van der Waals surface area contributed by atoms with E-state index in [0.717, 1.165) is 16.9 Å². The summed E-state index contributed by atoms with van der Waals surface area (Å²) in [5.41, 5.74) is 3.38. The number of methoxy groups -OCH3 is 1. The largest absolute Gasteiger partial charge is 0.491 e. The summed E-state index contributed by atoms with van der Waals surface area (Å²) < 4.78 is 7.43. The van der Waals surface area contributed by atoms with Gasteiger partial charge in [0.05, 0.1) is 13.3 Å². The van der Waals surface area contributed by atoms with Crippen LogP contribution in [0.5, 0.6) is 5.75 Å². The highest BCUT2D eigenvalue weighted by Gasteiger charge is 2.21. The first kappa shape index (κ1) is 20.7. The van der Waals surface area contributed by atoms with E-state index < -0.39 is 0 Å². The molecule has 0 amide bonds. The topological polar surface area (TPSA) is 96.8 Å². The Bertz CT molecular complexity index is 1180. The van der Waals surface area contributed by atoms with Crippen molar-refractivity contribution in [3.05, 3.63) is 48.4 Å². The molecule has 2 N–H and O–H groups in total. The van der Waals surface area contributed by atoms with Crippen LogP contribution < -0.4 is 15.0 Å². The van der Waals surface area contributed by atoms with E-state index in [-0.39, 0.29) is 0 Å². The number of nitrogens with zero attached hydrogens (tertiary/aromatic N) is 6. The average Bonchev–Trinajstić information content (AvgIpc) is 3.40. The van der Waals surface area contributed by atoms with Gasteiger partial charge >= 0.3 is 0 Å². The van der Waals surface area contributed by atoms with Crippen LogP contribution in [0.15, 0.2) is 47.6 Å². The van der Waals surface area contributed by atoms with Gasteiger partial charge in [0.15, 0.2) is 17.4 Å². The summed E-state index contributed by atoms with van der Waals surface area (Å²) in [5, 5.41) is 14.7. The van der Waals surface area contributed by atoms with Crippen LogP contribution in [-0.2, 0) is 7.05 Å². The van der Waals surface area contributed by atoms with E-state index in [1.54, 1.807) is 29.8 Å². The Morgan fingerprint density at radius 2 is 1.97 bits per heavy atom. The van der Waals surface area contributed by atoms with Gasteiger partial charge in [0.25, 0.3) is 0 Å². The predicted molar refractivity (Wildman–Crippen MR) is 124 cm³/mol. The minimum atomic E-state index is 0.517. The van der Waals surface area contributed by atoms with Crippen LogP contribution in [0.3, 0.4) is 0 Å². The summed E-state index contributed by atoms with van der Waals surface area (Å²) in [5.74, 6) is 2.20. The van der Waals surface area contributed by atoms with Crippen LogP contribution in [0.1, 0.15) is 5.69 Å². The molecule has 4 aromatic rings. The van der Waals surface area contributed by atoms with Gasteiger partial charge in [-0.3, -0.25) is 9.78 Å². The number of aromatic nitrogens is 6. The van der Waals surface area contributed by atoms with Crippen molar-refractivity contribution in [2.75, 3.05) is 30.6 Å². The third kappa shape index (κ3) is 4.33. The molecule has 0 bridgehead atoms.